The third kappa shape index (κ3) is 2.18. The van der Waals surface area contributed by atoms with Crippen molar-refractivity contribution in [3.63, 3.8) is 0 Å². The van der Waals surface area contributed by atoms with E-state index in [0.29, 0.717) is 11.6 Å². The number of aliphatic hydroxyl groups excluding tert-OH is 1. The first-order valence-corrected chi connectivity index (χ1v) is 6.53. The van der Waals surface area contributed by atoms with Crippen molar-refractivity contribution in [3.05, 3.63) is 36.0 Å². The summed E-state index contributed by atoms with van der Waals surface area (Å²) in [6, 6.07) is 9.94. The minimum Gasteiger partial charge on any atom is -0.474 e. The zero-order chi connectivity index (χ0) is 12.4. The highest BCUT2D eigenvalue weighted by Gasteiger charge is 2.18. The van der Waals surface area contributed by atoms with E-state index in [1.807, 2.05) is 30.3 Å². The average molecular weight is 243 g/mol. The highest BCUT2D eigenvalue weighted by molar-refractivity contribution is 5.87. The third-order valence-corrected chi connectivity index (χ3v) is 3.50. The molecule has 1 aromatic carbocycles. The van der Waals surface area contributed by atoms with E-state index in [4.69, 9.17) is 4.74 Å². The first kappa shape index (κ1) is 11.5. The van der Waals surface area contributed by atoms with Gasteiger partial charge < -0.3 is 9.84 Å². The SMILES string of the molecule is OCc1cc2ccccc2c(OC2CCCC2)n1. The van der Waals surface area contributed by atoms with Crippen LogP contribution in [0.1, 0.15) is 31.4 Å². The van der Waals surface area contributed by atoms with Crippen molar-refractivity contribution in [3.8, 4) is 5.88 Å². The number of nitrogens with zero attached hydrogens (tertiary/aromatic N) is 1. The third-order valence-electron chi connectivity index (χ3n) is 3.50. The van der Waals surface area contributed by atoms with E-state index < -0.39 is 0 Å². The van der Waals surface area contributed by atoms with Gasteiger partial charge in [-0.1, -0.05) is 18.2 Å². The van der Waals surface area contributed by atoms with Crippen LogP contribution in [0.15, 0.2) is 30.3 Å². The lowest BCUT2D eigenvalue weighted by molar-refractivity contribution is 0.201. The van der Waals surface area contributed by atoms with Gasteiger partial charge in [-0.15, -0.1) is 0 Å². The van der Waals surface area contributed by atoms with Gasteiger partial charge in [0, 0.05) is 5.39 Å². The molecule has 0 atom stereocenters. The van der Waals surface area contributed by atoms with Crippen molar-refractivity contribution in [2.45, 2.75) is 38.4 Å². The van der Waals surface area contributed by atoms with Gasteiger partial charge in [-0.05, 0) is 43.2 Å². The molecule has 0 saturated heterocycles. The van der Waals surface area contributed by atoms with Gasteiger partial charge in [-0.25, -0.2) is 4.98 Å². The fourth-order valence-corrected chi connectivity index (χ4v) is 2.55. The molecule has 1 N–H and O–H groups in total. The first-order valence-electron chi connectivity index (χ1n) is 6.53. The Morgan fingerprint density at radius 3 is 2.78 bits per heavy atom. The molecule has 1 saturated carbocycles. The maximum atomic E-state index is 9.26. The fourth-order valence-electron chi connectivity index (χ4n) is 2.55. The molecule has 1 fully saturated rings. The van der Waals surface area contributed by atoms with E-state index in [1.165, 1.54) is 12.8 Å². The van der Waals surface area contributed by atoms with Crippen LogP contribution in [0.5, 0.6) is 5.88 Å². The maximum absolute atomic E-state index is 9.26. The molecule has 1 aromatic heterocycles. The number of aromatic nitrogens is 1. The smallest absolute Gasteiger partial charge is 0.221 e. The van der Waals surface area contributed by atoms with Crippen LogP contribution in [0.3, 0.4) is 0 Å². The lowest BCUT2D eigenvalue weighted by atomic mass is 10.1. The Kier molecular flexibility index (Phi) is 3.15. The highest BCUT2D eigenvalue weighted by atomic mass is 16.5. The summed E-state index contributed by atoms with van der Waals surface area (Å²) in [6.45, 7) is -0.0497. The van der Waals surface area contributed by atoms with Gasteiger partial charge >= 0.3 is 0 Å². The van der Waals surface area contributed by atoms with E-state index in [9.17, 15) is 5.11 Å². The molecule has 3 heteroatoms. The molecule has 1 aliphatic rings. The molecule has 0 radical (unpaired) electrons. The van der Waals surface area contributed by atoms with Crippen LogP contribution in [0, 0.1) is 0 Å². The fraction of sp³-hybridized carbons (Fsp3) is 0.400. The quantitative estimate of drug-likeness (QED) is 0.901. The number of benzene rings is 1. The normalized spacial score (nSPS) is 16.3. The zero-order valence-electron chi connectivity index (χ0n) is 10.3. The lowest BCUT2D eigenvalue weighted by Crippen LogP contribution is -2.12. The van der Waals surface area contributed by atoms with E-state index in [0.717, 1.165) is 23.6 Å². The Labute approximate surface area is 106 Å². The molecule has 18 heavy (non-hydrogen) atoms. The molecule has 3 rings (SSSR count). The van der Waals surface area contributed by atoms with Crippen LogP contribution in [-0.4, -0.2) is 16.2 Å². The van der Waals surface area contributed by atoms with Crippen molar-refractivity contribution < 1.29 is 9.84 Å². The Hall–Kier alpha value is -1.61. The molecular weight excluding hydrogens is 226 g/mol. The van der Waals surface area contributed by atoms with Crippen LogP contribution in [-0.2, 0) is 6.61 Å². The van der Waals surface area contributed by atoms with Gasteiger partial charge in [0.15, 0.2) is 0 Å². The van der Waals surface area contributed by atoms with Crippen LogP contribution in [0.2, 0.25) is 0 Å². The first-order chi connectivity index (χ1) is 8.86. The number of aliphatic hydroxyl groups is 1. The zero-order valence-corrected chi connectivity index (χ0v) is 10.3. The van der Waals surface area contributed by atoms with E-state index in [-0.39, 0.29) is 12.7 Å². The molecule has 94 valence electrons. The molecular formula is C15H17NO2. The van der Waals surface area contributed by atoms with E-state index in [1.54, 1.807) is 0 Å². The van der Waals surface area contributed by atoms with Crippen LogP contribution in [0.4, 0.5) is 0 Å². The number of hydrogen-bond acceptors (Lipinski definition) is 3. The van der Waals surface area contributed by atoms with Crippen LogP contribution >= 0.6 is 0 Å². The Morgan fingerprint density at radius 2 is 2.00 bits per heavy atom. The molecule has 3 nitrogen and oxygen atoms in total. The average Bonchev–Trinajstić information content (AvgIpc) is 2.91. The Morgan fingerprint density at radius 1 is 1.22 bits per heavy atom. The van der Waals surface area contributed by atoms with Gasteiger partial charge in [-0.2, -0.15) is 0 Å². The lowest BCUT2D eigenvalue weighted by Gasteiger charge is -2.15. The predicted octanol–water partition coefficient (Wildman–Crippen LogP) is 3.05. The molecule has 2 aromatic rings. The second-order valence-electron chi connectivity index (χ2n) is 4.82. The minimum atomic E-state index is -0.0497. The molecule has 1 heterocycles. The second kappa shape index (κ2) is 4.94. The van der Waals surface area contributed by atoms with Crippen molar-refractivity contribution >= 4 is 10.8 Å². The monoisotopic (exact) mass is 243 g/mol. The van der Waals surface area contributed by atoms with Crippen molar-refractivity contribution in [1.29, 1.82) is 0 Å². The van der Waals surface area contributed by atoms with Crippen molar-refractivity contribution in [2.24, 2.45) is 0 Å². The van der Waals surface area contributed by atoms with Crippen LogP contribution in [0.25, 0.3) is 10.8 Å². The molecule has 1 aliphatic carbocycles. The minimum absolute atomic E-state index is 0.0497. The number of rotatable bonds is 3. The number of fused-ring (bicyclic) bond motifs is 1. The molecule has 0 amide bonds. The Bertz CT molecular complexity index is 547. The molecule has 0 bridgehead atoms. The summed E-state index contributed by atoms with van der Waals surface area (Å²) in [4.78, 5) is 4.41. The summed E-state index contributed by atoms with van der Waals surface area (Å²) < 4.78 is 6.01. The summed E-state index contributed by atoms with van der Waals surface area (Å²) in [5, 5.41) is 11.4. The summed E-state index contributed by atoms with van der Waals surface area (Å²) >= 11 is 0. The van der Waals surface area contributed by atoms with Gasteiger partial charge in [0.05, 0.1) is 12.3 Å². The van der Waals surface area contributed by atoms with Gasteiger partial charge in [0.2, 0.25) is 5.88 Å². The largest absolute Gasteiger partial charge is 0.474 e. The standard InChI is InChI=1S/C15H17NO2/c17-10-12-9-11-5-1-4-8-14(11)15(16-12)18-13-6-2-3-7-13/h1,4-5,8-9,13,17H,2-3,6-7,10H2. The molecule has 0 aliphatic heterocycles. The topological polar surface area (TPSA) is 42.4 Å². The van der Waals surface area contributed by atoms with Gasteiger partial charge in [-0.3, -0.25) is 0 Å². The second-order valence-corrected chi connectivity index (χ2v) is 4.82. The van der Waals surface area contributed by atoms with E-state index in [2.05, 4.69) is 4.98 Å². The summed E-state index contributed by atoms with van der Waals surface area (Å²) in [6.07, 6.45) is 4.98. The Balaban J connectivity index is 2.01. The van der Waals surface area contributed by atoms with E-state index >= 15 is 0 Å². The van der Waals surface area contributed by atoms with Crippen molar-refractivity contribution in [1.82, 2.24) is 4.98 Å². The predicted molar refractivity (Wildman–Crippen MR) is 70.5 cm³/mol. The highest BCUT2D eigenvalue weighted by Crippen LogP contribution is 2.29. The van der Waals surface area contributed by atoms with Gasteiger partial charge in [0.25, 0.3) is 0 Å². The van der Waals surface area contributed by atoms with Crippen molar-refractivity contribution in [2.75, 3.05) is 0 Å². The van der Waals surface area contributed by atoms with Gasteiger partial charge in [0.1, 0.15) is 6.10 Å². The summed E-state index contributed by atoms with van der Waals surface area (Å²) in [5.41, 5.74) is 0.668. The molecule has 0 unspecified atom stereocenters. The number of pyridine rings is 1. The summed E-state index contributed by atoms with van der Waals surface area (Å²) in [7, 11) is 0. The molecule has 0 spiro atoms. The number of hydrogen-bond donors (Lipinski definition) is 1. The summed E-state index contributed by atoms with van der Waals surface area (Å²) in [5.74, 6) is 0.670. The number of ether oxygens (including phenoxy) is 1. The maximum Gasteiger partial charge on any atom is 0.221 e. The van der Waals surface area contributed by atoms with Crippen LogP contribution < -0.4 is 4.74 Å².